The molecule has 4 N–H and O–H groups in total. The molecule has 0 atom stereocenters. The van der Waals surface area contributed by atoms with Gasteiger partial charge in [0, 0.05) is 48.4 Å². The van der Waals surface area contributed by atoms with Gasteiger partial charge in [0.1, 0.15) is 11.6 Å². The fourth-order valence-electron chi connectivity index (χ4n) is 2.55. The molecule has 8 nitrogen and oxygen atoms in total. The number of ether oxygens (including phenoxy) is 2. The predicted octanol–water partition coefficient (Wildman–Crippen LogP) is 4.51. The summed E-state index contributed by atoms with van der Waals surface area (Å²) in [5.74, 6) is -0.0609. The van der Waals surface area contributed by atoms with Crippen molar-refractivity contribution in [2.75, 3.05) is 24.8 Å². The SMILES string of the molecule is COCCCSc1cnc(Nc2ccc(/C(N)=N/O)cn2)c(Oc2ccc(F)cc2F)c1. The van der Waals surface area contributed by atoms with Crippen LogP contribution in [-0.2, 0) is 4.74 Å². The maximum absolute atomic E-state index is 14.2. The third kappa shape index (κ3) is 6.28. The third-order valence-electron chi connectivity index (χ3n) is 4.12. The Balaban J connectivity index is 1.86. The number of rotatable bonds is 10. The summed E-state index contributed by atoms with van der Waals surface area (Å²) >= 11 is 1.54. The van der Waals surface area contributed by atoms with Gasteiger partial charge in [0.25, 0.3) is 0 Å². The van der Waals surface area contributed by atoms with Crippen LogP contribution in [0.2, 0.25) is 0 Å². The zero-order valence-electron chi connectivity index (χ0n) is 17.1. The Hall–Kier alpha value is -3.44. The number of amidine groups is 1. The monoisotopic (exact) mass is 461 g/mol. The molecule has 11 heteroatoms. The summed E-state index contributed by atoms with van der Waals surface area (Å²) in [5.41, 5.74) is 5.97. The number of nitrogens with two attached hydrogens (primary N) is 1. The zero-order valence-corrected chi connectivity index (χ0v) is 17.9. The molecule has 2 heterocycles. The van der Waals surface area contributed by atoms with Crippen LogP contribution >= 0.6 is 11.8 Å². The molecule has 3 rings (SSSR count). The first-order valence-corrected chi connectivity index (χ1v) is 10.4. The van der Waals surface area contributed by atoms with E-state index >= 15 is 0 Å². The summed E-state index contributed by atoms with van der Waals surface area (Å²) in [7, 11) is 1.64. The van der Waals surface area contributed by atoms with Gasteiger partial charge in [0.15, 0.2) is 29.0 Å². The molecule has 32 heavy (non-hydrogen) atoms. The number of pyridine rings is 2. The number of nitrogens with zero attached hydrogens (tertiary/aromatic N) is 3. The number of oxime groups is 1. The normalized spacial score (nSPS) is 11.4. The molecule has 0 radical (unpaired) electrons. The summed E-state index contributed by atoms with van der Waals surface area (Å²) in [6.07, 6.45) is 3.91. The molecule has 0 aliphatic rings. The van der Waals surface area contributed by atoms with Crippen LogP contribution in [0.3, 0.4) is 0 Å². The van der Waals surface area contributed by atoms with Crippen molar-refractivity contribution in [2.24, 2.45) is 10.9 Å². The number of anilines is 2. The average Bonchev–Trinajstić information content (AvgIpc) is 2.80. The summed E-state index contributed by atoms with van der Waals surface area (Å²) in [4.78, 5) is 9.37. The van der Waals surface area contributed by atoms with E-state index in [4.69, 9.17) is 20.4 Å². The van der Waals surface area contributed by atoms with Gasteiger partial charge in [-0.3, -0.25) is 0 Å². The zero-order chi connectivity index (χ0) is 22.9. The van der Waals surface area contributed by atoms with Crippen molar-refractivity contribution in [2.45, 2.75) is 11.3 Å². The van der Waals surface area contributed by atoms with Gasteiger partial charge in [0.2, 0.25) is 0 Å². The first kappa shape index (κ1) is 23.2. The van der Waals surface area contributed by atoms with Crippen molar-refractivity contribution in [3.05, 3.63) is 66.0 Å². The summed E-state index contributed by atoms with van der Waals surface area (Å²) in [6.45, 7) is 0.636. The van der Waals surface area contributed by atoms with E-state index in [-0.39, 0.29) is 23.2 Å². The minimum absolute atomic E-state index is 0.0761. The predicted molar refractivity (Wildman–Crippen MR) is 118 cm³/mol. The fourth-order valence-corrected chi connectivity index (χ4v) is 3.36. The molecule has 168 valence electrons. The molecule has 0 saturated heterocycles. The highest BCUT2D eigenvalue weighted by Gasteiger charge is 2.13. The molecule has 0 spiro atoms. The van der Waals surface area contributed by atoms with Crippen molar-refractivity contribution in [1.29, 1.82) is 0 Å². The van der Waals surface area contributed by atoms with E-state index in [9.17, 15) is 8.78 Å². The fraction of sp³-hybridized carbons (Fsp3) is 0.190. The number of thioether (sulfide) groups is 1. The third-order valence-corrected chi connectivity index (χ3v) is 5.17. The molecule has 0 fully saturated rings. The Bertz CT molecular complexity index is 1080. The first-order chi connectivity index (χ1) is 15.5. The topological polar surface area (TPSA) is 115 Å². The largest absolute Gasteiger partial charge is 0.450 e. The second-order valence-electron chi connectivity index (χ2n) is 6.43. The second-order valence-corrected chi connectivity index (χ2v) is 7.60. The van der Waals surface area contributed by atoms with Crippen LogP contribution in [0, 0.1) is 11.6 Å². The Kier molecular flexibility index (Phi) is 8.17. The lowest BCUT2D eigenvalue weighted by Gasteiger charge is -2.14. The smallest absolute Gasteiger partial charge is 0.175 e. The number of aromatic nitrogens is 2. The minimum atomic E-state index is -0.838. The standard InChI is InChI=1S/C21H21F2N5O3S/c1-30-7-2-8-32-15-10-18(31-17-5-4-14(22)9-16(17)23)21(26-12-15)27-19-6-3-13(11-25-19)20(24)28-29/h3-6,9-12,29H,2,7-8H2,1H3,(H2,24,28)(H,25,26,27). The van der Waals surface area contributed by atoms with Crippen molar-refractivity contribution in [1.82, 2.24) is 9.97 Å². The van der Waals surface area contributed by atoms with Crippen LogP contribution in [0.25, 0.3) is 0 Å². The molecule has 0 unspecified atom stereocenters. The van der Waals surface area contributed by atoms with E-state index in [0.29, 0.717) is 18.0 Å². The maximum Gasteiger partial charge on any atom is 0.175 e. The molecule has 0 bridgehead atoms. The molecule has 0 amide bonds. The molecular formula is C21H21F2N5O3S. The van der Waals surface area contributed by atoms with Crippen LogP contribution < -0.4 is 15.8 Å². The van der Waals surface area contributed by atoms with Crippen molar-refractivity contribution >= 4 is 29.2 Å². The number of hydrogen-bond acceptors (Lipinski definition) is 8. The van der Waals surface area contributed by atoms with Crippen LogP contribution in [0.15, 0.2) is 58.8 Å². The number of benzene rings is 1. The van der Waals surface area contributed by atoms with Gasteiger partial charge in [-0.2, -0.15) is 0 Å². The van der Waals surface area contributed by atoms with E-state index in [1.807, 2.05) is 0 Å². The minimum Gasteiger partial charge on any atom is -0.450 e. The van der Waals surface area contributed by atoms with Gasteiger partial charge < -0.3 is 25.7 Å². The highest BCUT2D eigenvalue weighted by molar-refractivity contribution is 7.99. The molecule has 2 aromatic heterocycles. The number of nitrogens with one attached hydrogen (secondary N) is 1. The average molecular weight is 461 g/mol. The highest BCUT2D eigenvalue weighted by atomic mass is 32.2. The maximum atomic E-state index is 14.2. The summed E-state index contributed by atoms with van der Waals surface area (Å²) < 4.78 is 38.2. The first-order valence-electron chi connectivity index (χ1n) is 9.46. The molecule has 0 aliphatic carbocycles. The number of methoxy groups -OCH3 is 1. The van der Waals surface area contributed by atoms with Crippen molar-refractivity contribution in [3.8, 4) is 11.5 Å². The van der Waals surface area contributed by atoms with E-state index in [1.165, 1.54) is 12.3 Å². The molecule has 1 aromatic carbocycles. The number of halogens is 2. The van der Waals surface area contributed by atoms with Gasteiger partial charge >= 0.3 is 0 Å². The van der Waals surface area contributed by atoms with Gasteiger partial charge in [-0.15, -0.1) is 11.8 Å². The van der Waals surface area contributed by atoms with E-state index in [1.54, 1.807) is 43.3 Å². The van der Waals surface area contributed by atoms with E-state index < -0.39 is 11.6 Å². The number of hydrogen-bond donors (Lipinski definition) is 3. The quantitative estimate of drug-likeness (QED) is 0.101. The Morgan fingerprint density at radius 1 is 1.16 bits per heavy atom. The van der Waals surface area contributed by atoms with Crippen molar-refractivity contribution in [3.63, 3.8) is 0 Å². The van der Waals surface area contributed by atoms with Gasteiger partial charge in [0.05, 0.1) is 0 Å². The lowest BCUT2D eigenvalue weighted by Crippen LogP contribution is -2.13. The van der Waals surface area contributed by atoms with Crippen molar-refractivity contribution < 1.29 is 23.5 Å². The Morgan fingerprint density at radius 3 is 2.69 bits per heavy atom. The van der Waals surface area contributed by atoms with Crippen LogP contribution in [-0.4, -0.2) is 40.5 Å². The molecule has 0 saturated carbocycles. The van der Waals surface area contributed by atoms with Crippen LogP contribution in [0.1, 0.15) is 12.0 Å². The van der Waals surface area contributed by atoms with Gasteiger partial charge in [-0.05, 0) is 36.8 Å². The van der Waals surface area contributed by atoms with Crippen LogP contribution in [0.4, 0.5) is 20.4 Å². The van der Waals surface area contributed by atoms with Gasteiger partial charge in [-0.25, -0.2) is 18.7 Å². The van der Waals surface area contributed by atoms with E-state index in [2.05, 4.69) is 20.4 Å². The summed E-state index contributed by atoms with van der Waals surface area (Å²) in [6, 6.07) is 7.97. The molecule has 0 aliphatic heterocycles. The lowest BCUT2D eigenvalue weighted by atomic mass is 10.2. The Morgan fingerprint density at radius 2 is 2.00 bits per heavy atom. The Labute approximate surface area is 187 Å². The molecular weight excluding hydrogens is 440 g/mol. The highest BCUT2D eigenvalue weighted by Crippen LogP contribution is 2.34. The molecule has 3 aromatic rings. The van der Waals surface area contributed by atoms with Gasteiger partial charge in [-0.1, -0.05) is 5.16 Å². The van der Waals surface area contributed by atoms with E-state index in [0.717, 1.165) is 29.2 Å². The lowest BCUT2D eigenvalue weighted by molar-refractivity contribution is 0.200. The second kappa shape index (κ2) is 11.3. The summed E-state index contributed by atoms with van der Waals surface area (Å²) in [5, 5.41) is 14.7. The van der Waals surface area contributed by atoms with Crippen LogP contribution in [0.5, 0.6) is 11.5 Å².